The summed E-state index contributed by atoms with van der Waals surface area (Å²) in [6, 6.07) is 1.25. The zero-order valence-corrected chi connectivity index (χ0v) is 21.8. The normalized spacial score (nSPS) is 14.8. The van der Waals surface area contributed by atoms with Crippen molar-refractivity contribution < 1.29 is 34.2 Å². The molecule has 0 heterocycles. The van der Waals surface area contributed by atoms with Crippen molar-refractivity contribution in [1.29, 1.82) is 0 Å². The number of carbonyl (C=O) groups excluding carboxylic acids is 4. The number of aliphatic carboxylic acids is 1. The van der Waals surface area contributed by atoms with Crippen molar-refractivity contribution in [3.8, 4) is 5.75 Å². The van der Waals surface area contributed by atoms with Crippen LogP contribution in [0, 0.1) is 5.92 Å². The van der Waals surface area contributed by atoms with E-state index in [0.717, 1.165) is 0 Å². The number of aromatic hydroxyl groups is 1. The van der Waals surface area contributed by atoms with Gasteiger partial charge in [0.25, 0.3) is 0 Å². The van der Waals surface area contributed by atoms with Gasteiger partial charge in [0.05, 0.1) is 12.5 Å². The Hall–Kier alpha value is -3.71. The molecule has 0 fully saturated rings. The van der Waals surface area contributed by atoms with Gasteiger partial charge in [0.2, 0.25) is 23.6 Å². The first-order valence-corrected chi connectivity index (χ1v) is 12.5. The lowest BCUT2D eigenvalue weighted by molar-refractivity contribution is -0.144. The van der Waals surface area contributed by atoms with Crippen LogP contribution in [0.1, 0.15) is 51.5 Å². The van der Waals surface area contributed by atoms with Crippen molar-refractivity contribution in [2.75, 3.05) is 6.54 Å². The Morgan fingerprint density at radius 1 is 0.921 bits per heavy atom. The van der Waals surface area contributed by atoms with Crippen molar-refractivity contribution in [3.05, 3.63) is 29.8 Å². The number of carbonyl (C=O) groups is 5. The molecule has 0 saturated heterocycles. The van der Waals surface area contributed by atoms with E-state index < -0.39 is 60.2 Å². The van der Waals surface area contributed by atoms with Crippen molar-refractivity contribution in [2.24, 2.45) is 23.1 Å². The minimum Gasteiger partial charge on any atom is -0.508 e. The number of unbranched alkanes of at least 4 members (excludes halogenated alkanes) is 1. The van der Waals surface area contributed by atoms with Gasteiger partial charge in [-0.15, -0.1) is 0 Å². The Kier molecular flexibility index (Phi) is 13.8. The van der Waals surface area contributed by atoms with Crippen LogP contribution in [0.15, 0.2) is 24.3 Å². The minimum absolute atomic E-state index is 0.0499. The second-order valence-electron chi connectivity index (χ2n) is 9.26. The molecule has 0 aliphatic carbocycles. The van der Waals surface area contributed by atoms with Crippen LogP contribution in [0.4, 0.5) is 0 Å². The molecule has 0 spiro atoms. The van der Waals surface area contributed by atoms with E-state index in [4.69, 9.17) is 17.2 Å². The van der Waals surface area contributed by atoms with Crippen molar-refractivity contribution >= 4 is 29.6 Å². The molecule has 13 heteroatoms. The first-order valence-electron chi connectivity index (χ1n) is 12.5. The van der Waals surface area contributed by atoms with Gasteiger partial charge in [-0.2, -0.15) is 0 Å². The molecule has 5 unspecified atom stereocenters. The Balaban J connectivity index is 3.00. The molecule has 0 saturated carbocycles. The molecule has 1 aromatic carbocycles. The predicted molar refractivity (Wildman–Crippen MR) is 139 cm³/mol. The zero-order chi connectivity index (χ0) is 28.8. The maximum absolute atomic E-state index is 13.1. The Bertz CT molecular complexity index is 956. The number of carboxylic acids is 1. The van der Waals surface area contributed by atoms with Gasteiger partial charge < -0.3 is 43.4 Å². The Morgan fingerprint density at radius 2 is 1.50 bits per heavy atom. The van der Waals surface area contributed by atoms with Crippen LogP contribution in [0.5, 0.6) is 5.75 Å². The van der Waals surface area contributed by atoms with Crippen LogP contribution in [-0.4, -0.2) is 70.5 Å². The molecule has 1 rings (SSSR count). The third-order valence-electron chi connectivity index (χ3n) is 6.12. The number of benzene rings is 1. The summed E-state index contributed by atoms with van der Waals surface area (Å²) in [4.78, 5) is 62.0. The number of amides is 4. The summed E-state index contributed by atoms with van der Waals surface area (Å²) in [5.41, 5.74) is 17.4. The van der Waals surface area contributed by atoms with Crippen molar-refractivity contribution in [1.82, 2.24) is 16.0 Å². The smallest absolute Gasteiger partial charge is 0.326 e. The van der Waals surface area contributed by atoms with Crippen LogP contribution in [-0.2, 0) is 30.4 Å². The summed E-state index contributed by atoms with van der Waals surface area (Å²) in [5, 5.41) is 26.3. The quantitative estimate of drug-likeness (QED) is 0.112. The number of hydrogen-bond acceptors (Lipinski definition) is 8. The van der Waals surface area contributed by atoms with Gasteiger partial charge in [-0.1, -0.05) is 32.4 Å². The number of nitrogens with one attached hydrogen (secondary N) is 3. The SMILES string of the molecule is CCC(C)C(NC(=O)C(CCCCN)NC(=O)C(CC(N)=O)NC(=O)C(N)Cc1ccc(O)cc1)C(=O)O. The van der Waals surface area contributed by atoms with E-state index in [1.165, 1.54) is 12.1 Å². The predicted octanol–water partition coefficient (Wildman–Crippen LogP) is -1.15. The number of phenolic OH excluding ortho intramolecular Hbond substituents is 1. The zero-order valence-electron chi connectivity index (χ0n) is 21.8. The van der Waals surface area contributed by atoms with E-state index in [2.05, 4.69) is 16.0 Å². The summed E-state index contributed by atoms with van der Waals surface area (Å²) >= 11 is 0. The summed E-state index contributed by atoms with van der Waals surface area (Å²) in [6.45, 7) is 3.82. The highest BCUT2D eigenvalue weighted by molar-refractivity contribution is 5.96. The van der Waals surface area contributed by atoms with Gasteiger partial charge in [0.15, 0.2) is 0 Å². The molecule has 11 N–H and O–H groups in total. The van der Waals surface area contributed by atoms with Gasteiger partial charge in [-0.3, -0.25) is 19.2 Å². The van der Waals surface area contributed by atoms with Crippen LogP contribution in [0.2, 0.25) is 0 Å². The first kappa shape index (κ1) is 32.3. The molecular formula is C25H40N6O7. The topological polar surface area (TPSA) is 240 Å². The third kappa shape index (κ3) is 11.1. The summed E-state index contributed by atoms with van der Waals surface area (Å²) in [6.07, 6.45) is 1.21. The lowest BCUT2D eigenvalue weighted by atomic mass is 9.98. The van der Waals surface area contributed by atoms with Crippen molar-refractivity contribution in [3.63, 3.8) is 0 Å². The summed E-state index contributed by atoms with van der Waals surface area (Å²) in [5.74, 6) is -4.69. The molecule has 38 heavy (non-hydrogen) atoms. The Labute approximate surface area is 221 Å². The molecular weight excluding hydrogens is 496 g/mol. The fourth-order valence-corrected chi connectivity index (χ4v) is 3.64. The largest absolute Gasteiger partial charge is 0.508 e. The van der Waals surface area contributed by atoms with E-state index in [9.17, 15) is 34.2 Å². The lowest BCUT2D eigenvalue weighted by Gasteiger charge is -2.26. The summed E-state index contributed by atoms with van der Waals surface area (Å²) < 4.78 is 0. The molecule has 13 nitrogen and oxygen atoms in total. The monoisotopic (exact) mass is 536 g/mol. The average molecular weight is 537 g/mol. The summed E-state index contributed by atoms with van der Waals surface area (Å²) in [7, 11) is 0. The molecule has 0 aromatic heterocycles. The van der Waals surface area contributed by atoms with Gasteiger partial charge in [-0.05, 0) is 55.8 Å². The highest BCUT2D eigenvalue weighted by Gasteiger charge is 2.32. The maximum Gasteiger partial charge on any atom is 0.326 e. The highest BCUT2D eigenvalue weighted by Crippen LogP contribution is 2.12. The molecule has 0 aliphatic heterocycles. The van der Waals surface area contributed by atoms with Gasteiger partial charge in [0, 0.05) is 0 Å². The molecule has 0 bridgehead atoms. The third-order valence-corrected chi connectivity index (χ3v) is 6.12. The van der Waals surface area contributed by atoms with E-state index in [-0.39, 0.29) is 24.5 Å². The lowest BCUT2D eigenvalue weighted by Crippen LogP contribution is -2.58. The number of hydrogen-bond donors (Lipinski definition) is 8. The number of rotatable bonds is 17. The fourth-order valence-electron chi connectivity index (χ4n) is 3.64. The average Bonchev–Trinajstić information content (AvgIpc) is 2.86. The van der Waals surface area contributed by atoms with Crippen LogP contribution >= 0.6 is 0 Å². The molecule has 0 radical (unpaired) electrons. The second-order valence-corrected chi connectivity index (χ2v) is 9.26. The molecule has 0 aliphatic rings. The van der Waals surface area contributed by atoms with Crippen LogP contribution in [0.25, 0.3) is 0 Å². The number of phenols is 1. The number of carboxylic acid groups (broad SMARTS) is 1. The second kappa shape index (κ2) is 16.2. The number of nitrogens with two attached hydrogens (primary N) is 3. The van der Waals surface area contributed by atoms with Gasteiger partial charge in [-0.25, -0.2) is 4.79 Å². The highest BCUT2D eigenvalue weighted by atomic mass is 16.4. The minimum atomic E-state index is -1.42. The Morgan fingerprint density at radius 3 is 2.03 bits per heavy atom. The molecule has 4 amide bonds. The van der Waals surface area contributed by atoms with E-state index >= 15 is 0 Å². The van der Waals surface area contributed by atoms with E-state index in [1.807, 2.05) is 0 Å². The molecule has 1 aromatic rings. The van der Waals surface area contributed by atoms with Gasteiger partial charge in [0.1, 0.15) is 23.9 Å². The first-order chi connectivity index (χ1) is 17.9. The van der Waals surface area contributed by atoms with Crippen molar-refractivity contribution in [2.45, 2.75) is 76.5 Å². The van der Waals surface area contributed by atoms with E-state index in [0.29, 0.717) is 31.4 Å². The van der Waals surface area contributed by atoms with E-state index in [1.54, 1.807) is 26.0 Å². The van der Waals surface area contributed by atoms with Crippen LogP contribution in [0.3, 0.4) is 0 Å². The van der Waals surface area contributed by atoms with Gasteiger partial charge >= 0.3 is 5.97 Å². The number of primary amides is 1. The molecule has 5 atom stereocenters. The van der Waals surface area contributed by atoms with Crippen LogP contribution < -0.4 is 33.2 Å². The maximum atomic E-state index is 13.1. The fraction of sp³-hybridized carbons (Fsp3) is 0.560. The standard InChI is InChI=1S/C25H40N6O7/c1-3-14(2)21(25(37)38)31-23(35)18(6-4-5-11-26)29-24(36)19(13-20(28)33)30-22(34)17(27)12-15-7-9-16(32)10-8-15/h7-10,14,17-19,21,32H,3-6,11-13,26-27H2,1-2H3,(H2,28,33)(H,29,36)(H,30,34)(H,31,35)(H,37,38). The molecule has 212 valence electrons.